The third kappa shape index (κ3) is 3.29. The minimum Gasteiger partial charge on any atom is -0.351 e. The van der Waals surface area contributed by atoms with Crippen LogP contribution >= 0.6 is 0 Å². The fourth-order valence-corrected chi connectivity index (χ4v) is 2.06. The molecule has 1 aromatic rings. The van der Waals surface area contributed by atoms with Crippen molar-refractivity contribution in [1.29, 1.82) is 0 Å². The van der Waals surface area contributed by atoms with E-state index >= 15 is 0 Å². The summed E-state index contributed by atoms with van der Waals surface area (Å²) in [6.07, 6.45) is 7.88. The Bertz CT molecular complexity index is 410. The maximum Gasteiger partial charge on any atom is 0.223 e. The van der Waals surface area contributed by atoms with E-state index < -0.39 is 0 Å². The van der Waals surface area contributed by atoms with Crippen molar-refractivity contribution in [1.82, 2.24) is 9.97 Å². The Morgan fingerprint density at radius 1 is 1.29 bits per heavy atom. The van der Waals surface area contributed by atoms with Crippen molar-refractivity contribution in [2.75, 3.05) is 5.32 Å². The molecule has 0 aliphatic heterocycles. The number of aromatic nitrogens is 2. The van der Waals surface area contributed by atoms with Crippen LogP contribution in [0.5, 0.6) is 0 Å². The van der Waals surface area contributed by atoms with Gasteiger partial charge in [-0.05, 0) is 38.2 Å². The van der Waals surface area contributed by atoms with Gasteiger partial charge in [0, 0.05) is 17.4 Å². The first-order chi connectivity index (χ1) is 8.15. The highest BCUT2D eigenvalue weighted by Crippen LogP contribution is 2.18. The van der Waals surface area contributed by atoms with Crippen molar-refractivity contribution >= 4 is 5.95 Å². The smallest absolute Gasteiger partial charge is 0.223 e. The fourth-order valence-electron chi connectivity index (χ4n) is 2.06. The van der Waals surface area contributed by atoms with E-state index in [9.17, 15) is 0 Å². The van der Waals surface area contributed by atoms with Crippen molar-refractivity contribution in [3.63, 3.8) is 0 Å². The first-order valence-electron chi connectivity index (χ1n) is 6.42. The summed E-state index contributed by atoms with van der Waals surface area (Å²) in [5, 5.41) is 3.44. The van der Waals surface area contributed by atoms with Crippen LogP contribution in [0.1, 0.15) is 50.4 Å². The van der Waals surface area contributed by atoms with E-state index in [-0.39, 0.29) is 0 Å². The standard InChI is InChI=1S/C14H21N3/c1-10(2)13-9-11(3)15-14(17-13)16-12-7-5-4-6-8-12/h4-5,9-10,12H,6-8H2,1-3H3,(H,15,16,17). The second kappa shape index (κ2) is 5.30. The highest BCUT2D eigenvalue weighted by molar-refractivity contribution is 5.31. The van der Waals surface area contributed by atoms with Gasteiger partial charge in [-0.3, -0.25) is 0 Å². The lowest BCUT2D eigenvalue weighted by Crippen LogP contribution is -2.22. The molecule has 0 bridgehead atoms. The topological polar surface area (TPSA) is 37.8 Å². The number of hydrogen-bond acceptors (Lipinski definition) is 3. The molecule has 0 saturated carbocycles. The molecule has 3 nitrogen and oxygen atoms in total. The SMILES string of the molecule is Cc1cc(C(C)C)nc(NC2CC=CCC2)n1. The highest BCUT2D eigenvalue weighted by Gasteiger charge is 2.12. The summed E-state index contributed by atoms with van der Waals surface area (Å²) in [6, 6.07) is 2.55. The number of hydrogen-bond donors (Lipinski definition) is 1. The average Bonchev–Trinajstić information content (AvgIpc) is 2.29. The minimum absolute atomic E-state index is 0.448. The minimum atomic E-state index is 0.448. The van der Waals surface area contributed by atoms with Crippen LogP contribution in [0.25, 0.3) is 0 Å². The summed E-state index contributed by atoms with van der Waals surface area (Å²) < 4.78 is 0. The Morgan fingerprint density at radius 3 is 2.76 bits per heavy atom. The number of nitrogens with one attached hydrogen (secondary N) is 1. The van der Waals surface area contributed by atoms with Gasteiger partial charge in [0.05, 0.1) is 0 Å². The Morgan fingerprint density at radius 2 is 2.12 bits per heavy atom. The van der Waals surface area contributed by atoms with Gasteiger partial charge < -0.3 is 5.32 Å². The van der Waals surface area contributed by atoms with Crippen LogP contribution in [0.4, 0.5) is 5.95 Å². The lowest BCUT2D eigenvalue weighted by molar-refractivity contribution is 0.636. The van der Waals surface area contributed by atoms with Crippen LogP contribution in [-0.4, -0.2) is 16.0 Å². The number of nitrogens with zero attached hydrogens (tertiary/aromatic N) is 2. The molecule has 1 heterocycles. The van der Waals surface area contributed by atoms with Gasteiger partial charge >= 0.3 is 0 Å². The number of rotatable bonds is 3. The zero-order valence-corrected chi connectivity index (χ0v) is 10.9. The molecule has 0 amide bonds. The van der Waals surface area contributed by atoms with E-state index in [0.717, 1.165) is 30.2 Å². The van der Waals surface area contributed by atoms with E-state index in [2.05, 4.69) is 47.4 Å². The van der Waals surface area contributed by atoms with Crippen molar-refractivity contribution in [3.05, 3.63) is 29.6 Å². The lowest BCUT2D eigenvalue weighted by Gasteiger charge is -2.20. The molecule has 0 spiro atoms. The van der Waals surface area contributed by atoms with Gasteiger partial charge in [-0.15, -0.1) is 0 Å². The number of anilines is 1. The Kier molecular flexibility index (Phi) is 3.77. The molecule has 0 aromatic carbocycles. The average molecular weight is 231 g/mol. The van der Waals surface area contributed by atoms with Gasteiger partial charge in [0.1, 0.15) is 0 Å². The Labute approximate surface area is 103 Å². The molecule has 1 N–H and O–H groups in total. The van der Waals surface area contributed by atoms with Crippen molar-refractivity contribution in [3.8, 4) is 0 Å². The zero-order valence-electron chi connectivity index (χ0n) is 10.9. The molecule has 3 heteroatoms. The molecule has 2 rings (SSSR count). The van der Waals surface area contributed by atoms with Crippen LogP contribution < -0.4 is 5.32 Å². The second-order valence-electron chi connectivity index (χ2n) is 5.04. The first kappa shape index (κ1) is 12.1. The maximum absolute atomic E-state index is 4.58. The molecule has 1 unspecified atom stereocenters. The van der Waals surface area contributed by atoms with E-state index in [1.54, 1.807) is 0 Å². The largest absolute Gasteiger partial charge is 0.351 e. The van der Waals surface area contributed by atoms with Crippen LogP contribution in [0.3, 0.4) is 0 Å². The van der Waals surface area contributed by atoms with Gasteiger partial charge in [-0.1, -0.05) is 26.0 Å². The van der Waals surface area contributed by atoms with E-state index in [4.69, 9.17) is 0 Å². The molecule has 0 fully saturated rings. The normalized spacial score (nSPS) is 19.6. The van der Waals surface area contributed by atoms with Gasteiger partial charge in [-0.2, -0.15) is 0 Å². The lowest BCUT2D eigenvalue weighted by atomic mass is 10.0. The van der Waals surface area contributed by atoms with E-state index in [0.29, 0.717) is 12.0 Å². The van der Waals surface area contributed by atoms with Crippen LogP contribution in [0.2, 0.25) is 0 Å². The van der Waals surface area contributed by atoms with Crippen LogP contribution in [-0.2, 0) is 0 Å². The predicted octanol–water partition coefficient (Wildman–Crippen LogP) is 3.43. The third-order valence-corrected chi connectivity index (χ3v) is 3.07. The van der Waals surface area contributed by atoms with Gasteiger partial charge in [0.15, 0.2) is 0 Å². The van der Waals surface area contributed by atoms with E-state index in [1.165, 1.54) is 6.42 Å². The highest BCUT2D eigenvalue weighted by atomic mass is 15.1. The predicted molar refractivity (Wildman–Crippen MR) is 71.3 cm³/mol. The molecule has 1 aliphatic carbocycles. The molecule has 92 valence electrons. The van der Waals surface area contributed by atoms with Crippen molar-refractivity contribution in [2.24, 2.45) is 0 Å². The van der Waals surface area contributed by atoms with Gasteiger partial charge in [0.2, 0.25) is 5.95 Å². The molecule has 17 heavy (non-hydrogen) atoms. The fraction of sp³-hybridized carbons (Fsp3) is 0.571. The number of allylic oxidation sites excluding steroid dienone is 1. The van der Waals surface area contributed by atoms with Crippen LogP contribution in [0, 0.1) is 6.92 Å². The Balaban J connectivity index is 2.12. The number of aryl methyl sites for hydroxylation is 1. The van der Waals surface area contributed by atoms with Crippen molar-refractivity contribution in [2.45, 2.75) is 52.0 Å². The molecule has 0 saturated heterocycles. The monoisotopic (exact) mass is 231 g/mol. The summed E-state index contributed by atoms with van der Waals surface area (Å²) in [5.41, 5.74) is 2.16. The maximum atomic E-state index is 4.58. The third-order valence-electron chi connectivity index (χ3n) is 3.07. The molecule has 1 atom stereocenters. The molecule has 1 aliphatic rings. The second-order valence-corrected chi connectivity index (χ2v) is 5.04. The summed E-state index contributed by atoms with van der Waals surface area (Å²) in [7, 11) is 0. The summed E-state index contributed by atoms with van der Waals surface area (Å²) in [6.45, 7) is 6.35. The summed E-state index contributed by atoms with van der Waals surface area (Å²) >= 11 is 0. The first-order valence-corrected chi connectivity index (χ1v) is 6.42. The molecular weight excluding hydrogens is 210 g/mol. The molecule has 0 radical (unpaired) electrons. The Hall–Kier alpha value is -1.38. The van der Waals surface area contributed by atoms with Gasteiger partial charge in [-0.25, -0.2) is 9.97 Å². The zero-order chi connectivity index (χ0) is 12.3. The summed E-state index contributed by atoms with van der Waals surface area (Å²) in [4.78, 5) is 9.04. The van der Waals surface area contributed by atoms with E-state index in [1.807, 2.05) is 6.92 Å². The van der Waals surface area contributed by atoms with Crippen LogP contribution in [0.15, 0.2) is 18.2 Å². The molecular formula is C14H21N3. The van der Waals surface area contributed by atoms with Crippen molar-refractivity contribution < 1.29 is 0 Å². The van der Waals surface area contributed by atoms with Gasteiger partial charge in [0.25, 0.3) is 0 Å². The molecule has 1 aromatic heterocycles. The quantitative estimate of drug-likeness (QED) is 0.810. The summed E-state index contributed by atoms with van der Waals surface area (Å²) in [5.74, 6) is 1.23.